The minimum Gasteiger partial charge on any atom is -0.466 e. The summed E-state index contributed by atoms with van der Waals surface area (Å²) in [6, 6.07) is 24.6. The van der Waals surface area contributed by atoms with E-state index >= 15 is 0 Å². The molecule has 0 N–H and O–H groups in total. The van der Waals surface area contributed by atoms with E-state index in [4.69, 9.17) is 21.1 Å². The molecule has 0 radical (unpaired) electrons. The molecule has 1 heterocycles. The third kappa shape index (κ3) is 2.61. The van der Waals surface area contributed by atoms with E-state index in [0.717, 1.165) is 33.6 Å². The van der Waals surface area contributed by atoms with Gasteiger partial charge in [-0.3, -0.25) is 0 Å². The highest BCUT2D eigenvalue weighted by Gasteiger charge is 2.25. The number of hydrogen-bond donors (Lipinski definition) is 0. The van der Waals surface area contributed by atoms with Crippen LogP contribution >= 0.6 is 11.6 Å². The molecule has 0 fully saturated rings. The predicted octanol–water partition coefficient (Wildman–Crippen LogP) is 5.62. The molecule has 3 heteroatoms. The third-order valence-electron chi connectivity index (χ3n) is 4.00. The first kappa shape index (κ1) is 14.3. The highest BCUT2D eigenvalue weighted by Crippen LogP contribution is 2.46. The Labute approximate surface area is 140 Å². The van der Waals surface area contributed by atoms with E-state index in [0.29, 0.717) is 0 Å². The highest BCUT2D eigenvalue weighted by molar-refractivity contribution is 6.20. The zero-order chi connectivity index (χ0) is 15.6. The second-order valence-electron chi connectivity index (χ2n) is 5.38. The van der Waals surface area contributed by atoms with Gasteiger partial charge in [-0.15, -0.1) is 0 Å². The van der Waals surface area contributed by atoms with Gasteiger partial charge in [0.2, 0.25) is 0 Å². The zero-order valence-electron chi connectivity index (χ0n) is 12.4. The SMILES string of the molecule is ClC1OCOc2c1ccc(-c1ccccc1)c2-c1ccccc1. The van der Waals surface area contributed by atoms with E-state index in [1.54, 1.807) is 0 Å². The Bertz CT molecular complexity index is 816. The summed E-state index contributed by atoms with van der Waals surface area (Å²) in [7, 11) is 0. The van der Waals surface area contributed by atoms with Gasteiger partial charge in [-0.05, 0) is 16.7 Å². The summed E-state index contributed by atoms with van der Waals surface area (Å²) in [5, 5.41) is 0. The standard InChI is InChI=1S/C20H15ClO2/c21-20-17-12-11-16(14-7-3-1-4-8-14)18(19(17)22-13-23-20)15-9-5-2-6-10-15/h1-12,20H,13H2. The van der Waals surface area contributed by atoms with Gasteiger partial charge in [-0.2, -0.15) is 0 Å². The molecule has 0 spiro atoms. The molecule has 1 atom stereocenters. The Morgan fingerprint density at radius 3 is 2.13 bits per heavy atom. The second-order valence-corrected chi connectivity index (χ2v) is 5.78. The maximum absolute atomic E-state index is 6.30. The van der Waals surface area contributed by atoms with Crippen LogP contribution in [0.3, 0.4) is 0 Å². The van der Waals surface area contributed by atoms with Crippen LogP contribution in [0.25, 0.3) is 22.3 Å². The molecule has 0 amide bonds. The first-order valence-electron chi connectivity index (χ1n) is 7.51. The van der Waals surface area contributed by atoms with Gasteiger partial charge in [0, 0.05) is 11.1 Å². The molecule has 3 aromatic rings. The van der Waals surface area contributed by atoms with Gasteiger partial charge in [-0.25, -0.2) is 0 Å². The lowest BCUT2D eigenvalue weighted by atomic mass is 9.91. The van der Waals surface area contributed by atoms with Gasteiger partial charge in [0.15, 0.2) is 12.4 Å². The minimum atomic E-state index is -0.481. The molecule has 0 saturated heterocycles. The molecule has 1 unspecified atom stereocenters. The van der Waals surface area contributed by atoms with Crippen molar-refractivity contribution in [3.63, 3.8) is 0 Å². The van der Waals surface area contributed by atoms with Crippen molar-refractivity contribution in [1.29, 1.82) is 0 Å². The number of ether oxygens (including phenoxy) is 2. The lowest BCUT2D eigenvalue weighted by Gasteiger charge is -2.26. The maximum atomic E-state index is 6.30. The predicted molar refractivity (Wildman–Crippen MR) is 92.5 cm³/mol. The van der Waals surface area contributed by atoms with Crippen LogP contribution in [0.4, 0.5) is 0 Å². The number of benzene rings is 3. The van der Waals surface area contributed by atoms with Crippen LogP contribution in [0.5, 0.6) is 5.75 Å². The van der Waals surface area contributed by atoms with Gasteiger partial charge in [0.05, 0.1) is 0 Å². The monoisotopic (exact) mass is 322 g/mol. The van der Waals surface area contributed by atoms with Crippen molar-refractivity contribution in [3.05, 3.63) is 78.4 Å². The van der Waals surface area contributed by atoms with Crippen molar-refractivity contribution < 1.29 is 9.47 Å². The maximum Gasteiger partial charge on any atom is 0.191 e. The van der Waals surface area contributed by atoms with Gasteiger partial charge in [0.25, 0.3) is 0 Å². The molecule has 0 saturated carbocycles. The van der Waals surface area contributed by atoms with Crippen molar-refractivity contribution in [3.8, 4) is 28.0 Å². The highest BCUT2D eigenvalue weighted by atomic mass is 35.5. The summed E-state index contributed by atoms with van der Waals surface area (Å²) in [5.74, 6) is 0.809. The minimum absolute atomic E-state index is 0.166. The molecule has 2 nitrogen and oxygen atoms in total. The molecule has 4 rings (SSSR count). The Balaban J connectivity index is 2.00. The number of halogens is 1. The second kappa shape index (κ2) is 6.07. The summed E-state index contributed by atoms with van der Waals surface area (Å²) in [6.45, 7) is 0.166. The molecule has 0 bridgehead atoms. The summed E-state index contributed by atoms with van der Waals surface area (Å²) in [5.41, 5.74) is 4.83. The summed E-state index contributed by atoms with van der Waals surface area (Å²) >= 11 is 6.30. The molecule has 3 aromatic carbocycles. The third-order valence-corrected chi connectivity index (χ3v) is 4.36. The zero-order valence-corrected chi connectivity index (χ0v) is 13.2. The van der Waals surface area contributed by atoms with Crippen LogP contribution in [0.1, 0.15) is 11.1 Å². The topological polar surface area (TPSA) is 18.5 Å². The molecular formula is C20H15ClO2. The van der Waals surface area contributed by atoms with Crippen LogP contribution < -0.4 is 4.74 Å². The lowest BCUT2D eigenvalue weighted by Crippen LogP contribution is -2.14. The summed E-state index contributed by atoms with van der Waals surface area (Å²) in [6.07, 6.45) is 0. The quantitative estimate of drug-likeness (QED) is 0.570. The fraction of sp³-hybridized carbons (Fsp3) is 0.100. The van der Waals surface area contributed by atoms with E-state index in [1.165, 1.54) is 0 Å². The summed E-state index contributed by atoms with van der Waals surface area (Å²) < 4.78 is 11.2. The molecule has 114 valence electrons. The fourth-order valence-electron chi connectivity index (χ4n) is 2.93. The average molecular weight is 323 g/mol. The van der Waals surface area contributed by atoms with Crippen molar-refractivity contribution in [2.24, 2.45) is 0 Å². The van der Waals surface area contributed by atoms with E-state index in [9.17, 15) is 0 Å². The van der Waals surface area contributed by atoms with Crippen LogP contribution in [-0.2, 0) is 4.74 Å². The number of fused-ring (bicyclic) bond motifs is 1. The lowest BCUT2D eigenvalue weighted by molar-refractivity contribution is -0.0239. The van der Waals surface area contributed by atoms with E-state index < -0.39 is 5.56 Å². The van der Waals surface area contributed by atoms with Gasteiger partial charge >= 0.3 is 0 Å². The number of hydrogen-bond acceptors (Lipinski definition) is 2. The number of rotatable bonds is 2. The van der Waals surface area contributed by atoms with Crippen molar-refractivity contribution in [2.45, 2.75) is 5.56 Å². The van der Waals surface area contributed by atoms with E-state index in [-0.39, 0.29) is 6.79 Å². The average Bonchev–Trinajstić information content (AvgIpc) is 2.62. The Morgan fingerprint density at radius 1 is 0.783 bits per heavy atom. The van der Waals surface area contributed by atoms with Crippen LogP contribution in [-0.4, -0.2) is 6.79 Å². The largest absolute Gasteiger partial charge is 0.466 e. The van der Waals surface area contributed by atoms with Gasteiger partial charge < -0.3 is 9.47 Å². The fourth-order valence-corrected chi connectivity index (χ4v) is 3.15. The Morgan fingerprint density at radius 2 is 1.43 bits per heavy atom. The van der Waals surface area contributed by atoms with Crippen LogP contribution in [0, 0.1) is 0 Å². The van der Waals surface area contributed by atoms with Crippen molar-refractivity contribution in [1.82, 2.24) is 0 Å². The molecular weight excluding hydrogens is 308 g/mol. The van der Waals surface area contributed by atoms with Crippen molar-refractivity contribution in [2.75, 3.05) is 6.79 Å². The van der Waals surface area contributed by atoms with Crippen molar-refractivity contribution >= 4 is 11.6 Å². The van der Waals surface area contributed by atoms with Gasteiger partial charge in [-0.1, -0.05) is 84.4 Å². The molecule has 1 aliphatic heterocycles. The van der Waals surface area contributed by atoms with E-state index in [1.807, 2.05) is 42.5 Å². The van der Waals surface area contributed by atoms with Gasteiger partial charge in [0.1, 0.15) is 5.75 Å². The number of alkyl halides is 1. The molecule has 23 heavy (non-hydrogen) atoms. The normalized spacial score (nSPS) is 16.5. The Kier molecular flexibility index (Phi) is 3.78. The van der Waals surface area contributed by atoms with Crippen LogP contribution in [0.2, 0.25) is 0 Å². The molecule has 0 aromatic heterocycles. The molecule has 1 aliphatic rings. The summed E-state index contributed by atoms with van der Waals surface area (Å²) in [4.78, 5) is 0. The smallest absolute Gasteiger partial charge is 0.191 e. The first-order chi connectivity index (χ1) is 11.3. The molecule has 0 aliphatic carbocycles. The first-order valence-corrected chi connectivity index (χ1v) is 7.94. The van der Waals surface area contributed by atoms with E-state index in [2.05, 4.69) is 30.3 Å². The Hall–Kier alpha value is -2.29. The van der Waals surface area contributed by atoms with Crippen LogP contribution in [0.15, 0.2) is 72.8 Å².